The van der Waals surface area contributed by atoms with Gasteiger partial charge in [0.25, 0.3) is 0 Å². The quantitative estimate of drug-likeness (QED) is 0.678. The van der Waals surface area contributed by atoms with Crippen molar-refractivity contribution in [1.29, 1.82) is 0 Å². The van der Waals surface area contributed by atoms with Crippen LogP contribution in [0.15, 0.2) is 0 Å². The van der Waals surface area contributed by atoms with Gasteiger partial charge in [0.1, 0.15) is 0 Å². The molecule has 1 aliphatic heterocycles. The van der Waals surface area contributed by atoms with Gasteiger partial charge in [-0.3, -0.25) is 4.79 Å². The summed E-state index contributed by atoms with van der Waals surface area (Å²) in [5.41, 5.74) is 0.677. The molecule has 2 fully saturated rings. The van der Waals surface area contributed by atoms with Crippen LogP contribution in [0.1, 0.15) is 25.7 Å². The molecule has 0 unspecified atom stereocenters. The second kappa shape index (κ2) is 3.29. The highest BCUT2D eigenvalue weighted by Crippen LogP contribution is 2.53. The standard InChI is InChI=1S/C10H18N2O/c1-11-8-9(13)12-6-4-10(2-3-10)5-7-12/h11H,2-8H2,1H3. The number of amides is 1. The zero-order valence-electron chi connectivity index (χ0n) is 8.31. The number of rotatable bonds is 2. The zero-order valence-corrected chi connectivity index (χ0v) is 8.31. The van der Waals surface area contributed by atoms with E-state index in [1.807, 2.05) is 11.9 Å². The fourth-order valence-electron chi connectivity index (χ4n) is 2.17. The summed E-state index contributed by atoms with van der Waals surface area (Å²) < 4.78 is 0. The van der Waals surface area contributed by atoms with Gasteiger partial charge in [-0.15, -0.1) is 0 Å². The molecule has 3 heteroatoms. The number of likely N-dealkylation sites (N-methyl/N-ethyl adjacent to an activating group) is 1. The predicted octanol–water partition coefficient (Wildman–Crippen LogP) is 0.608. The van der Waals surface area contributed by atoms with Gasteiger partial charge in [0, 0.05) is 13.1 Å². The largest absolute Gasteiger partial charge is 0.342 e. The molecule has 1 amide bonds. The van der Waals surface area contributed by atoms with Crippen LogP contribution in [-0.2, 0) is 4.79 Å². The molecule has 0 atom stereocenters. The van der Waals surface area contributed by atoms with E-state index in [1.54, 1.807) is 0 Å². The molecule has 0 aromatic carbocycles. The van der Waals surface area contributed by atoms with Crippen LogP contribution in [-0.4, -0.2) is 37.5 Å². The molecule has 74 valence electrons. The van der Waals surface area contributed by atoms with Crippen molar-refractivity contribution in [3.63, 3.8) is 0 Å². The Labute approximate surface area is 79.5 Å². The topological polar surface area (TPSA) is 32.3 Å². The number of nitrogens with one attached hydrogen (secondary N) is 1. The summed E-state index contributed by atoms with van der Waals surface area (Å²) in [6.45, 7) is 2.47. The number of carbonyl (C=O) groups excluding carboxylic acids is 1. The highest BCUT2D eigenvalue weighted by atomic mass is 16.2. The fraction of sp³-hybridized carbons (Fsp3) is 0.900. The first-order valence-electron chi connectivity index (χ1n) is 5.18. The van der Waals surface area contributed by atoms with E-state index in [-0.39, 0.29) is 5.91 Å². The van der Waals surface area contributed by atoms with Gasteiger partial charge in [-0.25, -0.2) is 0 Å². The van der Waals surface area contributed by atoms with Gasteiger partial charge in [-0.1, -0.05) is 0 Å². The van der Waals surface area contributed by atoms with Crippen molar-refractivity contribution in [2.75, 3.05) is 26.7 Å². The Kier molecular flexibility index (Phi) is 2.28. The van der Waals surface area contributed by atoms with Crippen LogP contribution >= 0.6 is 0 Å². The average molecular weight is 182 g/mol. The second-order valence-electron chi connectivity index (χ2n) is 4.41. The minimum Gasteiger partial charge on any atom is -0.342 e. The molecule has 1 saturated heterocycles. The van der Waals surface area contributed by atoms with Crippen LogP contribution in [0.25, 0.3) is 0 Å². The maximum Gasteiger partial charge on any atom is 0.236 e. The van der Waals surface area contributed by atoms with Crippen molar-refractivity contribution < 1.29 is 4.79 Å². The van der Waals surface area contributed by atoms with Gasteiger partial charge in [0.15, 0.2) is 0 Å². The Balaban J connectivity index is 1.80. The molecule has 0 radical (unpaired) electrons. The zero-order chi connectivity index (χ0) is 9.31. The van der Waals surface area contributed by atoms with E-state index in [9.17, 15) is 4.79 Å². The molecule has 0 aromatic heterocycles. The van der Waals surface area contributed by atoms with Crippen LogP contribution in [0.4, 0.5) is 0 Å². The van der Waals surface area contributed by atoms with Crippen LogP contribution in [0.3, 0.4) is 0 Å². The number of hydrogen-bond acceptors (Lipinski definition) is 2. The molecule has 13 heavy (non-hydrogen) atoms. The van der Waals surface area contributed by atoms with Crippen molar-refractivity contribution in [2.24, 2.45) is 5.41 Å². The third-order valence-corrected chi connectivity index (χ3v) is 3.46. The molecule has 0 aromatic rings. The average Bonchev–Trinajstić information content (AvgIpc) is 2.87. The van der Waals surface area contributed by atoms with Gasteiger partial charge >= 0.3 is 0 Å². The molecular weight excluding hydrogens is 164 g/mol. The van der Waals surface area contributed by atoms with Crippen LogP contribution in [0.5, 0.6) is 0 Å². The van der Waals surface area contributed by atoms with Crippen molar-refractivity contribution in [3.05, 3.63) is 0 Å². The number of hydrogen-bond donors (Lipinski definition) is 1. The first-order valence-corrected chi connectivity index (χ1v) is 5.18. The molecular formula is C10H18N2O. The van der Waals surface area contributed by atoms with E-state index in [2.05, 4.69) is 5.32 Å². The van der Waals surface area contributed by atoms with Gasteiger partial charge in [0.2, 0.25) is 5.91 Å². The Morgan fingerprint density at radius 2 is 1.92 bits per heavy atom. The lowest BCUT2D eigenvalue weighted by atomic mass is 9.94. The Hall–Kier alpha value is -0.570. The van der Waals surface area contributed by atoms with Crippen molar-refractivity contribution in [2.45, 2.75) is 25.7 Å². The van der Waals surface area contributed by atoms with E-state index < -0.39 is 0 Å². The molecule has 1 heterocycles. The van der Waals surface area contributed by atoms with E-state index in [1.165, 1.54) is 25.7 Å². The Morgan fingerprint density at radius 3 is 2.38 bits per heavy atom. The summed E-state index contributed by atoms with van der Waals surface area (Å²) in [6.07, 6.45) is 5.28. The molecule has 1 spiro atoms. The fourth-order valence-corrected chi connectivity index (χ4v) is 2.17. The highest BCUT2D eigenvalue weighted by molar-refractivity contribution is 5.78. The van der Waals surface area contributed by atoms with Gasteiger partial charge in [-0.2, -0.15) is 0 Å². The smallest absolute Gasteiger partial charge is 0.236 e. The summed E-state index contributed by atoms with van der Waals surface area (Å²) in [6, 6.07) is 0. The minimum absolute atomic E-state index is 0.262. The van der Waals surface area contributed by atoms with E-state index in [4.69, 9.17) is 0 Å². The van der Waals surface area contributed by atoms with E-state index in [0.717, 1.165) is 13.1 Å². The number of nitrogens with zero attached hydrogens (tertiary/aromatic N) is 1. The predicted molar refractivity (Wildman–Crippen MR) is 51.4 cm³/mol. The van der Waals surface area contributed by atoms with Crippen molar-refractivity contribution in [1.82, 2.24) is 10.2 Å². The molecule has 2 rings (SSSR count). The Bertz CT molecular complexity index is 201. The van der Waals surface area contributed by atoms with Gasteiger partial charge in [0.05, 0.1) is 6.54 Å². The minimum atomic E-state index is 0.262. The monoisotopic (exact) mass is 182 g/mol. The summed E-state index contributed by atoms with van der Waals surface area (Å²) in [4.78, 5) is 13.5. The lowest BCUT2D eigenvalue weighted by Gasteiger charge is -2.32. The van der Waals surface area contributed by atoms with Crippen LogP contribution in [0, 0.1) is 5.41 Å². The summed E-state index contributed by atoms with van der Waals surface area (Å²) in [7, 11) is 1.82. The molecule has 3 nitrogen and oxygen atoms in total. The van der Waals surface area contributed by atoms with Crippen molar-refractivity contribution >= 4 is 5.91 Å². The third-order valence-electron chi connectivity index (χ3n) is 3.46. The first-order chi connectivity index (χ1) is 6.26. The molecule has 1 aliphatic carbocycles. The number of likely N-dealkylation sites (tertiary alicyclic amines) is 1. The second-order valence-corrected chi connectivity index (χ2v) is 4.41. The molecule has 0 bridgehead atoms. The van der Waals surface area contributed by atoms with E-state index in [0.29, 0.717) is 12.0 Å². The van der Waals surface area contributed by atoms with Gasteiger partial charge in [-0.05, 0) is 38.1 Å². The highest BCUT2D eigenvalue weighted by Gasteiger charge is 2.44. The number of piperidine rings is 1. The SMILES string of the molecule is CNCC(=O)N1CCC2(CC1)CC2. The van der Waals surface area contributed by atoms with Crippen LogP contribution < -0.4 is 5.32 Å². The molecule has 1 saturated carbocycles. The summed E-state index contributed by atoms with van der Waals surface area (Å²) >= 11 is 0. The first kappa shape index (κ1) is 9.00. The Morgan fingerprint density at radius 1 is 1.31 bits per heavy atom. The molecule has 1 N–H and O–H groups in total. The summed E-state index contributed by atoms with van der Waals surface area (Å²) in [5.74, 6) is 0.262. The maximum atomic E-state index is 11.5. The lowest BCUT2D eigenvalue weighted by molar-refractivity contribution is -0.131. The lowest BCUT2D eigenvalue weighted by Crippen LogP contribution is -2.42. The summed E-state index contributed by atoms with van der Waals surface area (Å²) in [5, 5.41) is 2.91. The van der Waals surface area contributed by atoms with Crippen molar-refractivity contribution in [3.8, 4) is 0 Å². The third kappa shape index (κ3) is 1.85. The van der Waals surface area contributed by atoms with Crippen LogP contribution in [0.2, 0.25) is 0 Å². The number of carbonyl (C=O) groups is 1. The van der Waals surface area contributed by atoms with Gasteiger partial charge < -0.3 is 10.2 Å². The maximum absolute atomic E-state index is 11.5. The van der Waals surface area contributed by atoms with E-state index >= 15 is 0 Å². The molecule has 2 aliphatic rings. The normalized spacial score (nSPS) is 24.8.